The van der Waals surface area contributed by atoms with Crippen LogP contribution in [-0.4, -0.2) is 37.3 Å². The Morgan fingerprint density at radius 1 is 1.38 bits per heavy atom. The second-order valence-corrected chi connectivity index (χ2v) is 4.83. The molecular formula is C12H17FN2S. The van der Waals surface area contributed by atoms with E-state index in [1.807, 2.05) is 12.3 Å². The maximum Gasteiger partial charge on any atom is 0.123 e. The molecule has 4 heteroatoms. The minimum Gasteiger partial charge on any atom is -0.314 e. The number of nitrogens with one attached hydrogen (secondary N) is 1. The van der Waals surface area contributed by atoms with Gasteiger partial charge in [0.15, 0.2) is 0 Å². The normalized spacial score (nSPS) is 17.6. The van der Waals surface area contributed by atoms with Crippen molar-refractivity contribution in [2.45, 2.75) is 11.4 Å². The van der Waals surface area contributed by atoms with Gasteiger partial charge in [-0.3, -0.25) is 4.90 Å². The summed E-state index contributed by atoms with van der Waals surface area (Å²) in [6.07, 6.45) is 2.04. The van der Waals surface area contributed by atoms with Gasteiger partial charge < -0.3 is 5.32 Å². The van der Waals surface area contributed by atoms with Crippen molar-refractivity contribution >= 4 is 11.8 Å². The molecule has 0 atom stereocenters. The lowest BCUT2D eigenvalue weighted by Crippen LogP contribution is -2.42. The summed E-state index contributed by atoms with van der Waals surface area (Å²) >= 11 is 1.68. The maximum atomic E-state index is 13.2. The topological polar surface area (TPSA) is 15.3 Å². The number of rotatable bonds is 3. The zero-order valence-corrected chi connectivity index (χ0v) is 10.3. The SMILES string of the molecule is CSc1ccc(F)cc1CN1CCNCC1. The summed E-state index contributed by atoms with van der Waals surface area (Å²) in [5, 5.41) is 3.32. The zero-order chi connectivity index (χ0) is 11.4. The van der Waals surface area contributed by atoms with E-state index in [4.69, 9.17) is 0 Å². The largest absolute Gasteiger partial charge is 0.314 e. The first kappa shape index (κ1) is 11.9. The van der Waals surface area contributed by atoms with Gasteiger partial charge in [-0.25, -0.2) is 4.39 Å². The van der Waals surface area contributed by atoms with Crippen molar-refractivity contribution in [2.24, 2.45) is 0 Å². The number of piperazine rings is 1. The molecule has 88 valence electrons. The van der Waals surface area contributed by atoms with E-state index >= 15 is 0 Å². The molecule has 0 aromatic heterocycles. The molecule has 0 radical (unpaired) electrons. The molecule has 1 aliphatic heterocycles. The Morgan fingerprint density at radius 2 is 2.12 bits per heavy atom. The van der Waals surface area contributed by atoms with Gasteiger partial charge in [0.05, 0.1) is 0 Å². The maximum absolute atomic E-state index is 13.2. The summed E-state index contributed by atoms with van der Waals surface area (Å²) in [5.41, 5.74) is 1.11. The van der Waals surface area contributed by atoms with Gasteiger partial charge >= 0.3 is 0 Å². The van der Waals surface area contributed by atoms with Gasteiger partial charge in [0.1, 0.15) is 5.82 Å². The van der Waals surface area contributed by atoms with Crippen molar-refractivity contribution in [3.05, 3.63) is 29.6 Å². The lowest BCUT2D eigenvalue weighted by Gasteiger charge is -2.27. The Balaban J connectivity index is 2.09. The number of benzene rings is 1. The van der Waals surface area contributed by atoms with E-state index in [1.54, 1.807) is 17.8 Å². The lowest BCUT2D eigenvalue weighted by atomic mass is 10.2. The van der Waals surface area contributed by atoms with Crippen molar-refractivity contribution in [1.82, 2.24) is 10.2 Å². The third-order valence-corrected chi connectivity index (χ3v) is 3.68. The van der Waals surface area contributed by atoms with Crippen LogP contribution in [0.25, 0.3) is 0 Å². The fourth-order valence-corrected chi connectivity index (χ4v) is 2.57. The number of thioether (sulfide) groups is 1. The highest BCUT2D eigenvalue weighted by molar-refractivity contribution is 7.98. The summed E-state index contributed by atoms with van der Waals surface area (Å²) in [4.78, 5) is 3.55. The average Bonchev–Trinajstić information content (AvgIpc) is 2.31. The van der Waals surface area contributed by atoms with E-state index in [1.165, 1.54) is 11.0 Å². The predicted molar refractivity (Wildman–Crippen MR) is 66.3 cm³/mol. The molecule has 2 nitrogen and oxygen atoms in total. The first-order valence-corrected chi connectivity index (χ1v) is 6.77. The summed E-state index contributed by atoms with van der Waals surface area (Å²) < 4.78 is 13.2. The first-order chi connectivity index (χ1) is 7.79. The fraction of sp³-hybridized carbons (Fsp3) is 0.500. The van der Waals surface area contributed by atoms with Crippen LogP contribution in [0.2, 0.25) is 0 Å². The van der Waals surface area contributed by atoms with Gasteiger partial charge in [-0.15, -0.1) is 11.8 Å². The molecule has 0 aliphatic carbocycles. The summed E-state index contributed by atoms with van der Waals surface area (Å²) in [7, 11) is 0. The van der Waals surface area contributed by atoms with Crippen molar-refractivity contribution in [3.8, 4) is 0 Å². The third kappa shape index (κ3) is 2.97. The van der Waals surface area contributed by atoms with Gasteiger partial charge in [-0.2, -0.15) is 0 Å². The van der Waals surface area contributed by atoms with Crippen LogP contribution in [0, 0.1) is 5.82 Å². The van der Waals surface area contributed by atoms with Crippen LogP contribution >= 0.6 is 11.8 Å². The molecule has 0 spiro atoms. The molecule has 1 heterocycles. The van der Waals surface area contributed by atoms with Crippen LogP contribution in [-0.2, 0) is 6.54 Å². The van der Waals surface area contributed by atoms with Gasteiger partial charge in [0, 0.05) is 37.6 Å². The van der Waals surface area contributed by atoms with Gasteiger partial charge in [-0.1, -0.05) is 0 Å². The molecule has 1 N–H and O–H groups in total. The molecule has 1 saturated heterocycles. The van der Waals surface area contributed by atoms with Gasteiger partial charge in [-0.05, 0) is 30.0 Å². The minimum absolute atomic E-state index is 0.136. The first-order valence-electron chi connectivity index (χ1n) is 5.55. The van der Waals surface area contributed by atoms with E-state index in [0.29, 0.717) is 0 Å². The molecule has 1 aromatic carbocycles. The molecule has 1 fully saturated rings. The molecule has 1 aromatic rings. The van der Waals surface area contributed by atoms with E-state index in [2.05, 4.69) is 10.2 Å². The molecule has 0 saturated carbocycles. The highest BCUT2D eigenvalue weighted by Crippen LogP contribution is 2.22. The Bertz CT molecular complexity index is 351. The van der Waals surface area contributed by atoms with Crippen molar-refractivity contribution < 1.29 is 4.39 Å². The predicted octanol–water partition coefficient (Wildman–Crippen LogP) is 1.95. The second-order valence-electron chi connectivity index (χ2n) is 3.98. The van der Waals surface area contributed by atoms with E-state index in [0.717, 1.165) is 38.3 Å². The fourth-order valence-electron chi connectivity index (χ4n) is 1.98. The third-order valence-electron chi connectivity index (χ3n) is 2.85. The summed E-state index contributed by atoms with van der Waals surface area (Å²) in [6.45, 7) is 5.01. The van der Waals surface area contributed by atoms with Crippen LogP contribution < -0.4 is 5.32 Å². The zero-order valence-electron chi connectivity index (χ0n) is 9.50. The molecule has 1 aliphatic rings. The Morgan fingerprint density at radius 3 is 2.81 bits per heavy atom. The Hall–Kier alpha value is -0.580. The smallest absolute Gasteiger partial charge is 0.123 e. The molecule has 0 bridgehead atoms. The van der Waals surface area contributed by atoms with Crippen LogP contribution in [0.15, 0.2) is 23.1 Å². The van der Waals surface area contributed by atoms with Gasteiger partial charge in [0.25, 0.3) is 0 Å². The average molecular weight is 240 g/mol. The van der Waals surface area contributed by atoms with E-state index in [-0.39, 0.29) is 5.82 Å². The molecule has 16 heavy (non-hydrogen) atoms. The lowest BCUT2D eigenvalue weighted by molar-refractivity contribution is 0.231. The van der Waals surface area contributed by atoms with Crippen LogP contribution in [0.3, 0.4) is 0 Å². The number of halogens is 1. The Labute approximate surface area is 100 Å². The quantitative estimate of drug-likeness (QED) is 0.813. The van der Waals surface area contributed by atoms with Crippen molar-refractivity contribution in [2.75, 3.05) is 32.4 Å². The number of hydrogen-bond acceptors (Lipinski definition) is 3. The molecule has 0 unspecified atom stereocenters. The Kier molecular flexibility index (Phi) is 4.21. The number of nitrogens with zero attached hydrogens (tertiary/aromatic N) is 1. The standard InChI is InChI=1S/C12H17FN2S/c1-16-12-3-2-11(13)8-10(12)9-15-6-4-14-5-7-15/h2-3,8,14H,4-7,9H2,1H3. The van der Waals surface area contributed by atoms with Crippen LogP contribution in [0.4, 0.5) is 4.39 Å². The monoisotopic (exact) mass is 240 g/mol. The summed E-state index contributed by atoms with van der Waals surface area (Å²) in [6, 6.07) is 5.07. The van der Waals surface area contributed by atoms with Gasteiger partial charge in [0.2, 0.25) is 0 Å². The van der Waals surface area contributed by atoms with E-state index < -0.39 is 0 Å². The highest BCUT2D eigenvalue weighted by Gasteiger charge is 2.12. The van der Waals surface area contributed by atoms with Crippen LogP contribution in [0.1, 0.15) is 5.56 Å². The minimum atomic E-state index is -0.136. The highest BCUT2D eigenvalue weighted by atomic mass is 32.2. The van der Waals surface area contributed by atoms with Crippen molar-refractivity contribution in [3.63, 3.8) is 0 Å². The second kappa shape index (κ2) is 5.66. The van der Waals surface area contributed by atoms with Crippen molar-refractivity contribution in [1.29, 1.82) is 0 Å². The van der Waals surface area contributed by atoms with E-state index in [9.17, 15) is 4.39 Å². The molecular weight excluding hydrogens is 223 g/mol. The summed E-state index contributed by atoms with van der Waals surface area (Å²) in [5.74, 6) is -0.136. The van der Waals surface area contributed by atoms with Crippen LogP contribution in [0.5, 0.6) is 0 Å². The number of hydrogen-bond donors (Lipinski definition) is 1. The molecule has 0 amide bonds. The molecule has 2 rings (SSSR count).